The van der Waals surface area contributed by atoms with Crippen molar-refractivity contribution in [3.05, 3.63) is 0 Å². The monoisotopic (exact) mass is 300 g/mol. The molecule has 2 rings (SSSR count). The molecule has 0 aromatic carbocycles. The highest BCUT2D eigenvalue weighted by Gasteiger charge is 2.49. The standard InChI is InChI=1S/C14H24N2O5/c1-14(2)10(7-11(14)20-3)15-13(19)16-4-5-21-9(8-16)6-12(17)18/h9-11H,4-8H2,1-3H3,(H,15,19)(H,17,18). The van der Waals surface area contributed by atoms with E-state index in [0.717, 1.165) is 6.42 Å². The van der Waals surface area contributed by atoms with Gasteiger partial charge in [0.1, 0.15) is 0 Å². The smallest absolute Gasteiger partial charge is 0.317 e. The van der Waals surface area contributed by atoms with Gasteiger partial charge in [-0.2, -0.15) is 0 Å². The van der Waals surface area contributed by atoms with Gasteiger partial charge in [-0.1, -0.05) is 13.8 Å². The molecule has 2 fully saturated rings. The lowest BCUT2D eigenvalue weighted by Crippen LogP contribution is -2.64. The molecule has 1 aliphatic carbocycles. The number of nitrogens with zero attached hydrogens (tertiary/aromatic N) is 1. The number of hydrogen-bond donors (Lipinski definition) is 2. The molecule has 3 unspecified atom stereocenters. The van der Waals surface area contributed by atoms with E-state index in [9.17, 15) is 9.59 Å². The van der Waals surface area contributed by atoms with Crippen molar-refractivity contribution < 1.29 is 24.2 Å². The average molecular weight is 300 g/mol. The number of rotatable bonds is 4. The van der Waals surface area contributed by atoms with Crippen LogP contribution in [0.3, 0.4) is 0 Å². The second-order valence-corrected chi connectivity index (χ2v) is 6.32. The molecule has 0 spiro atoms. The van der Waals surface area contributed by atoms with E-state index in [-0.39, 0.29) is 30.0 Å². The van der Waals surface area contributed by atoms with Gasteiger partial charge in [-0.15, -0.1) is 0 Å². The number of carboxylic acids is 1. The Morgan fingerprint density at radius 1 is 1.48 bits per heavy atom. The Hall–Kier alpha value is -1.34. The molecular formula is C14H24N2O5. The number of methoxy groups -OCH3 is 1. The van der Waals surface area contributed by atoms with Crippen LogP contribution in [0, 0.1) is 5.41 Å². The molecule has 0 radical (unpaired) electrons. The van der Waals surface area contributed by atoms with Crippen LogP contribution in [0.15, 0.2) is 0 Å². The van der Waals surface area contributed by atoms with Gasteiger partial charge in [0.15, 0.2) is 0 Å². The van der Waals surface area contributed by atoms with Crippen LogP contribution in [0.1, 0.15) is 26.7 Å². The molecule has 2 N–H and O–H groups in total. The van der Waals surface area contributed by atoms with Gasteiger partial charge in [0.05, 0.1) is 25.2 Å². The molecule has 7 nitrogen and oxygen atoms in total. The van der Waals surface area contributed by atoms with Gasteiger partial charge >= 0.3 is 12.0 Å². The number of morpholine rings is 1. The van der Waals surface area contributed by atoms with Crippen molar-refractivity contribution in [3.8, 4) is 0 Å². The zero-order valence-corrected chi connectivity index (χ0v) is 12.8. The van der Waals surface area contributed by atoms with Crippen molar-refractivity contribution in [2.45, 2.75) is 44.9 Å². The predicted octanol–water partition coefficient (Wildman–Crippen LogP) is 0.685. The fourth-order valence-electron chi connectivity index (χ4n) is 2.99. The summed E-state index contributed by atoms with van der Waals surface area (Å²) in [6.45, 7) is 5.33. The van der Waals surface area contributed by atoms with Crippen molar-refractivity contribution in [2.24, 2.45) is 5.41 Å². The zero-order valence-electron chi connectivity index (χ0n) is 12.8. The first-order chi connectivity index (χ1) is 9.84. The van der Waals surface area contributed by atoms with Gasteiger partial charge in [0.2, 0.25) is 0 Å². The molecule has 2 aliphatic rings. The van der Waals surface area contributed by atoms with E-state index < -0.39 is 12.1 Å². The Morgan fingerprint density at radius 2 is 2.19 bits per heavy atom. The first kappa shape index (κ1) is 16.0. The number of carbonyl (C=O) groups excluding carboxylic acids is 1. The molecular weight excluding hydrogens is 276 g/mol. The van der Waals surface area contributed by atoms with Crippen molar-refractivity contribution in [1.29, 1.82) is 0 Å². The maximum absolute atomic E-state index is 12.3. The highest BCUT2D eigenvalue weighted by Crippen LogP contribution is 2.42. The summed E-state index contributed by atoms with van der Waals surface area (Å²) in [7, 11) is 1.68. The van der Waals surface area contributed by atoms with Crippen LogP contribution < -0.4 is 5.32 Å². The summed E-state index contributed by atoms with van der Waals surface area (Å²) in [5.41, 5.74) is -0.0861. The molecule has 21 heavy (non-hydrogen) atoms. The quantitative estimate of drug-likeness (QED) is 0.797. The molecule has 0 bridgehead atoms. The Balaban J connectivity index is 1.85. The third kappa shape index (κ3) is 3.47. The van der Waals surface area contributed by atoms with Gasteiger partial charge in [0.25, 0.3) is 0 Å². The molecule has 2 amide bonds. The van der Waals surface area contributed by atoms with Gasteiger partial charge in [-0.05, 0) is 6.42 Å². The molecule has 3 atom stereocenters. The lowest BCUT2D eigenvalue weighted by atomic mass is 9.64. The fourth-order valence-corrected chi connectivity index (χ4v) is 2.99. The van der Waals surface area contributed by atoms with E-state index in [0.29, 0.717) is 19.7 Å². The topological polar surface area (TPSA) is 88.1 Å². The lowest BCUT2D eigenvalue weighted by Gasteiger charge is -2.51. The SMILES string of the molecule is COC1CC(NC(=O)N2CCOC(CC(=O)O)C2)C1(C)C. The number of urea groups is 1. The van der Waals surface area contributed by atoms with E-state index in [1.807, 2.05) is 0 Å². The van der Waals surface area contributed by atoms with Gasteiger partial charge in [-0.25, -0.2) is 4.79 Å². The first-order valence-corrected chi connectivity index (χ1v) is 7.26. The highest BCUT2D eigenvalue weighted by molar-refractivity contribution is 5.75. The normalized spacial score (nSPS) is 31.4. The Kier molecular flexibility index (Phi) is 4.73. The molecule has 7 heteroatoms. The molecule has 1 heterocycles. The van der Waals surface area contributed by atoms with Crippen molar-refractivity contribution in [2.75, 3.05) is 26.8 Å². The molecule has 1 saturated carbocycles. The van der Waals surface area contributed by atoms with Crippen LogP contribution in [0.25, 0.3) is 0 Å². The van der Waals surface area contributed by atoms with Crippen LogP contribution in [0.2, 0.25) is 0 Å². The number of nitrogens with one attached hydrogen (secondary N) is 1. The van der Waals surface area contributed by atoms with Crippen LogP contribution >= 0.6 is 0 Å². The van der Waals surface area contributed by atoms with E-state index in [4.69, 9.17) is 14.6 Å². The fraction of sp³-hybridized carbons (Fsp3) is 0.857. The molecule has 1 aliphatic heterocycles. The zero-order chi connectivity index (χ0) is 15.6. The van der Waals surface area contributed by atoms with E-state index in [1.54, 1.807) is 12.0 Å². The first-order valence-electron chi connectivity index (χ1n) is 7.26. The van der Waals surface area contributed by atoms with Crippen molar-refractivity contribution in [1.82, 2.24) is 10.2 Å². The summed E-state index contributed by atoms with van der Waals surface area (Å²) >= 11 is 0. The molecule has 1 saturated heterocycles. The summed E-state index contributed by atoms with van der Waals surface area (Å²) in [6, 6.07) is -0.0722. The number of aliphatic carboxylic acids is 1. The average Bonchev–Trinajstić information content (AvgIpc) is 2.42. The largest absolute Gasteiger partial charge is 0.481 e. The lowest BCUT2D eigenvalue weighted by molar-refractivity contribution is -0.141. The summed E-state index contributed by atoms with van der Waals surface area (Å²) in [5.74, 6) is -0.912. The maximum Gasteiger partial charge on any atom is 0.317 e. The Bertz CT molecular complexity index is 412. The van der Waals surface area contributed by atoms with Crippen LogP contribution in [-0.2, 0) is 14.3 Å². The number of hydrogen-bond acceptors (Lipinski definition) is 4. The number of carbonyl (C=O) groups is 2. The summed E-state index contributed by atoms with van der Waals surface area (Å²) in [5, 5.41) is 11.8. The number of amides is 2. The van der Waals surface area contributed by atoms with Crippen LogP contribution in [0.5, 0.6) is 0 Å². The number of ether oxygens (including phenoxy) is 2. The predicted molar refractivity (Wildman–Crippen MR) is 75.1 cm³/mol. The van der Waals surface area contributed by atoms with E-state index in [2.05, 4.69) is 19.2 Å². The van der Waals surface area contributed by atoms with Crippen LogP contribution in [-0.4, -0.2) is 67.1 Å². The minimum absolute atomic E-state index is 0.0789. The van der Waals surface area contributed by atoms with Crippen LogP contribution in [0.4, 0.5) is 4.79 Å². The minimum atomic E-state index is -0.912. The molecule has 120 valence electrons. The summed E-state index contributed by atoms with van der Waals surface area (Å²) in [4.78, 5) is 24.6. The van der Waals surface area contributed by atoms with Crippen molar-refractivity contribution in [3.63, 3.8) is 0 Å². The second-order valence-electron chi connectivity index (χ2n) is 6.32. The van der Waals surface area contributed by atoms with Gasteiger partial charge < -0.3 is 24.8 Å². The summed E-state index contributed by atoms with van der Waals surface area (Å²) in [6.07, 6.45) is 0.457. The highest BCUT2D eigenvalue weighted by atomic mass is 16.5. The molecule has 0 aromatic rings. The van der Waals surface area contributed by atoms with E-state index >= 15 is 0 Å². The number of carboxylic acid groups (broad SMARTS) is 1. The van der Waals surface area contributed by atoms with Crippen molar-refractivity contribution >= 4 is 12.0 Å². The van der Waals surface area contributed by atoms with E-state index in [1.165, 1.54) is 0 Å². The third-order valence-electron chi connectivity index (χ3n) is 4.59. The Labute approximate surface area is 124 Å². The second kappa shape index (κ2) is 6.19. The summed E-state index contributed by atoms with van der Waals surface area (Å²) < 4.78 is 10.7. The van der Waals surface area contributed by atoms with Gasteiger partial charge in [-0.3, -0.25) is 4.79 Å². The maximum atomic E-state index is 12.3. The Morgan fingerprint density at radius 3 is 2.76 bits per heavy atom. The van der Waals surface area contributed by atoms with Gasteiger partial charge in [0, 0.05) is 31.7 Å². The minimum Gasteiger partial charge on any atom is -0.481 e. The molecule has 0 aromatic heterocycles. The third-order valence-corrected chi connectivity index (χ3v) is 4.59.